The Bertz CT molecular complexity index is 354. The van der Waals surface area contributed by atoms with Gasteiger partial charge in [0.15, 0.2) is 0 Å². The second kappa shape index (κ2) is 29.5. The highest BCUT2D eigenvalue weighted by Crippen LogP contribution is 2.20. The minimum absolute atomic E-state index is 1.37. The quantitative estimate of drug-likeness (QED) is 0.0645. The van der Waals surface area contributed by atoms with Crippen LogP contribution in [0.1, 0.15) is 201 Å². The molecule has 0 aliphatic carbocycles. The van der Waals surface area contributed by atoms with Crippen LogP contribution in [-0.2, 0) is 0 Å². The molecule has 0 aromatic carbocycles. The molecule has 0 fully saturated rings. The Kier molecular flexibility index (Phi) is 29.5. The molecular weight excluding hydrogens is 434 g/mol. The maximum absolute atomic E-state index is 2.35. The monoisotopic (exact) mass is 509 g/mol. The van der Waals surface area contributed by atoms with Crippen LogP contribution in [0.4, 0.5) is 0 Å². The van der Waals surface area contributed by atoms with Crippen LogP contribution in [0.2, 0.25) is 0 Å². The molecule has 218 valence electrons. The molecule has 1 heteroatoms. The largest absolute Gasteiger partial charge is 0.324 e. The lowest BCUT2D eigenvalue weighted by atomic mass is 10.0. The molecule has 0 unspecified atom stereocenters. The van der Waals surface area contributed by atoms with Crippen molar-refractivity contribution in [2.45, 2.75) is 201 Å². The zero-order valence-corrected chi connectivity index (χ0v) is 26.4. The predicted octanol–water partition coefficient (Wildman–Crippen LogP) is 12.4. The van der Waals surface area contributed by atoms with E-state index in [9.17, 15) is 0 Å². The molecule has 0 aliphatic heterocycles. The summed E-state index contributed by atoms with van der Waals surface area (Å²) in [4.78, 5) is 0. The maximum Gasteiger partial charge on any atom is 0.0786 e. The van der Waals surface area contributed by atoms with Gasteiger partial charge in [-0.25, -0.2) is 0 Å². The van der Waals surface area contributed by atoms with Crippen LogP contribution in [0.3, 0.4) is 0 Å². The first-order chi connectivity index (χ1) is 17.7. The summed E-state index contributed by atoms with van der Waals surface area (Å²) in [5, 5.41) is 0. The molecule has 36 heavy (non-hydrogen) atoms. The molecule has 0 N–H and O–H groups in total. The highest BCUT2D eigenvalue weighted by molar-refractivity contribution is 4.55. The number of unbranched alkanes of at least 4 members (excludes halogenated alkanes) is 23. The summed E-state index contributed by atoms with van der Waals surface area (Å²) >= 11 is 0. The number of rotatable bonds is 31. The smallest absolute Gasteiger partial charge is 0.0786 e. The molecular formula is C35H74N+. The molecule has 0 aromatic rings. The van der Waals surface area contributed by atoms with Crippen molar-refractivity contribution in [2.24, 2.45) is 0 Å². The Morgan fingerprint density at radius 1 is 0.222 bits per heavy atom. The summed E-state index contributed by atoms with van der Waals surface area (Å²) in [6, 6.07) is 0. The first kappa shape index (κ1) is 36.0. The topological polar surface area (TPSA) is 0 Å². The summed E-state index contributed by atoms with van der Waals surface area (Å²) in [6.07, 6.45) is 39.3. The average Bonchev–Trinajstić information content (AvgIpc) is 2.89. The fourth-order valence-electron chi connectivity index (χ4n) is 6.11. The molecule has 0 aromatic heterocycles. The van der Waals surface area contributed by atoms with Gasteiger partial charge in [0, 0.05) is 0 Å². The molecule has 0 spiro atoms. The van der Waals surface area contributed by atoms with Crippen LogP contribution < -0.4 is 0 Å². The summed E-state index contributed by atoms with van der Waals surface area (Å²) in [7, 11) is 0. The van der Waals surface area contributed by atoms with E-state index in [0.29, 0.717) is 0 Å². The third-order valence-corrected chi connectivity index (χ3v) is 8.69. The van der Waals surface area contributed by atoms with Crippen LogP contribution >= 0.6 is 0 Å². The molecule has 0 saturated carbocycles. The minimum Gasteiger partial charge on any atom is -0.324 e. The first-order valence-corrected chi connectivity index (χ1v) is 17.6. The molecule has 0 aliphatic rings. The van der Waals surface area contributed by atoms with E-state index in [1.54, 1.807) is 0 Å². The van der Waals surface area contributed by atoms with Crippen molar-refractivity contribution in [3.63, 3.8) is 0 Å². The fourth-order valence-corrected chi connectivity index (χ4v) is 6.11. The second-order valence-electron chi connectivity index (χ2n) is 12.4. The van der Waals surface area contributed by atoms with Gasteiger partial charge in [-0.1, -0.05) is 150 Å². The number of quaternary nitrogens is 1. The van der Waals surface area contributed by atoms with Gasteiger partial charge in [0.05, 0.1) is 26.2 Å². The average molecular weight is 509 g/mol. The van der Waals surface area contributed by atoms with E-state index in [1.165, 1.54) is 204 Å². The van der Waals surface area contributed by atoms with Crippen LogP contribution in [0, 0.1) is 0 Å². The van der Waals surface area contributed by atoms with E-state index < -0.39 is 0 Å². The first-order valence-electron chi connectivity index (χ1n) is 17.6. The Balaban J connectivity index is 4.50. The van der Waals surface area contributed by atoms with E-state index in [-0.39, 0.29) is 0 Å². The molecule has 0 saturated heterocycles. The predicted molar refractivity (Wildman–Crippen MR) is 167 cm³/mol. The van der Waals surface area contributed by atoms with Gasteiger partial charge in [0.2, 0.25) is 0 Å². The highest BCUT2D eigenvalue weighted by atomic mass is 15.3. The van der Waals surface area contributed by atoms with E-state index in [1.807, 2.05) is 0 Å². The lowest BCUT2D eigenvalue weighted by molar-refractivity contribution is -0.929. The van der Waals surface area contributed by atoms with Gasteiger partial charge in [-0.15, -0.1) is 0 Å². The van der Waals surface area contributed by atoms with E-state index in [2.05, 4.69) is 27.7 Å². The zero-order valence-electron chi connectivity index (χ0n) is 26.4. The Labute approximate surface area is 231 Å². The van der Waals surface area contributed by atoms with Crippen molar-refractivity contribution in [3.05, 3.63) is 0 Å². The van der Waals surface area contributed by atoms with E-state index >= 15 is 0 Å². The van der Waals surface area contributed by atoms with Gasteiger partial charge in [-0.3, -0.25) is 0 Å². The van der Waals surface area contributed by atoms with Crippen molar-refractivity contribution in [3.8, 4) is 0 Å². The number of nitrogens with zero attached hydrogens (tertiary/aromatic N) is 1. The molecule has 0 radical (unpaired) electrons. The van der Waals surface area contributed by atoms with Gasteiger partial charge in [-0.05, 0) is 51.4 Å². The van der Waals surface area contributed by atoms with Crippen LogP contribution in [0.15, 0.2) is 0 Å². The lowest BCUT2D eigenvalue weighted by Gasteiger charge is -2.40. The van der Waals surface area contributed by atoms with E-state index in [0.717, 1.165) is 0 Å². The van der Waals surface area contributed by atoms with Gasteiger partial charge in [0.25, 0.3) is 0 Å². The zero-order chi connectivity index (χ0) is 26.4. The maximum atomic E-state index is 2.35. The Hall–Kier alpha value is -0.0400. The van der Waals surface area contributed by atoms with Crippen LogP contribution in [0.5, 0.6) is 0 Å². The molecule has 1 nitrogen and oxygen atoms in total. The van der Waals surface area contributed by atoms with Crippen molar-refractivity contribution >= 4 is 0 Å². The summed E-state index contributed by atoms with van der Waals surface area (Å²) in [5.74, 6) is 0. The normalized spacial score (nSPS) is 12.0. The van der Waals surface area contributed by atoms with Gasteiger partial charge in [0.1, 0.15) is 0 Å². The minimum atomic E-state index is 1.37. The lowest BCUT2D eigenvalue weighted by Crippen LogP contribution is -2.50. The third kappa shape index (κ3) is 24.3. The highest BCUT2D eigenvalue weighted by Gasteiger charge is 2.25. The van der Waals surface area contributed by atoms with Crippen molar-refractivity contribution in [1.82, 2.24) is 0 Å². The van der Waals surface area contributed by atoms with Gasteiger partial charge in [-0.2, -0.15) is 0 Å². The molecule has 0 amide bonds. The fraction of sp³-hybridized carbons (Fsp3) is 1.00. The summed E-state index contributed by atoms with van der Waals surface area (Å²) in [6.45, 7) is 15.3. The van der Waals surface area contributed by atoms with Crippen molar-refractivity contribution in [2.75, 3.05) is 26.2 Å². The molecule has 0 heterocycles. The van der Waals surface area contributed by atoms with Crippen molar-refractivity contribution < 1.29 is 4.48 Å². The van der Waals surface area contributed by atoms with Crippen LogP contribution in [-0.4, -0.2) is 30.7 Å². The van der Waals surface area contributed by atoms with Crippen LogP contribution in [0.25, 0.3) is 0 Å². The van der Waals surface area contributed by atoms with Gasteiger partial charge >= 0.3 is 0 Å². The third-order valence-electron chi connectivity index (χ3n) is 8.69. The summed E-state index contributed by atoms with van der Waals surface area (Å²) < 4.78 is 1.47. The summed E-state index contributed by atoms with van der Waals surface area (Å²) in [5.41, 5.74) is 0. The standard InChI is InChI=1S/C35H74N/c1-5-9-13-17-18-19-20-21-22-23-27-31-35-36(32-28-24-14-10-6-2,33-29-25-15-11-7-3)34-30-26-16-12-8-4/h5-35H2,1-4H3/q+1. The Morgan fingerprint density at radius 3 is 0.583 bits per heavy atom. The second-order valence-corrected chi connectivity index (χ2v) is 12.4. The Morgan fingerprint density at radius 2 is 0.389 bits per heavy atom. The van der Waals surface area contributed by atoms with Gasteiger partial charge < -0.3 is 4.48 Å². The van der Waals surface area contributed by atoms with E-state index in [4.69, 9.17) is 0 Å². The number of hydrogen-bond donors (Lipinski definition) is 0. The van der Waals surface area contributed by atoms with Crippen molar-refractivity contribution in [1.29, 1.82) is 0 Å². The molecule has 0 atom stereocenters. The molecule has 0 rings (SSSR count). The SMILES string of the molecule is CCCCCCCCCCCCCC[N+](CCCCCCC)(CCCCCCC)CCCCCCC. The molecule has 0 bridgehead atoms. The number of hydrogen-bond acceptors (Lipinski definition) is 0.